The highest BCUT2D eigenvalue weighted by atomic mass is 19.1. The van der Waals surface area contributed by atoms with Crippen molar-refractivity contribution in [2.45, 2.75) is 76.1 Å². The van der Waals surface area contributed by atoms with E-state index in [-0.39, 0.29) is 24.0 Å². The third kappa shape index (κ3) is 5.57. The van der Waals surface area contributed by atoms with Crippen LogP contribution in [-0.2, 0) is 6.54 Å². The number of carbonyl (C=O) groups excluding carboxylic acids is 1. The number of benzene rings is 2. The zero-order valence-corrected chi connectivity index (χ0v) is 21.7. The second kappa shape index (κ2) is 11.1. The number of hydrogen-bond acceptors (Lipinski definition) is 4. The fourth-order valence-corrected chi connectivity index (χ4v) is 5.88. The number of ether oxygens (including phenoxy) is 1. The van der Waals surface area contributed by atoms with Crippen LogP contribution in [0.5, 0.6) is 5.75 Å². The molecule has 1 saturated carbocycles. The van der Waals surface area contributed by atoms with Gasteiger partial charge in [0, 0.05) is 25.3 Å². The van der Waals surface area contributed by atoms with Crippen LogP contribution in [0.1, 0.15) is 57.4 Å². The summed E-state index contributed by atoms with van der Waals surface area (Å²) in [6.45, 7) is 8.17. The van der Waals surface area contributed by atoms with Crippen molar-refractivity contribution < 1.29 is 13.9 Å². The molecule has 0 aromatic heterocycles. The van der Waals surface area contributed by atoms with E-state index in [1.165, 1.54) is 37.0 Å². The van der Waals surface area contributed by atoms with Gasteiger partial charge in [0.15, 0.2) is 0 Å². The minimum atomic E-state index is -0.580. The van der Waals surface area contributed by atoms with E-state index in [0.717, 1.165) is 56.9 Å². The third-order valence-corrected chi connectivity index (χ3v) is 7.89. The molecule has 2 amide bonds. The van der Waals surface area contributed by atoms with Crippen LogP contribution in [0.15, 0.2) is 66.2 Å². The van der Waals surface area contributed by atoms with Crippen LogP contribution in [0, 0.1) is 5.82 Å². The first-order valence-electron chi connectivity index (χ1n) is 13.5. The first kappa shape index (κ1) is 25.5. The molecule has 1 aliphatic carbocycles. The van der Waals surface area contributed by atoms with E-state index < -0.39 is 5.54 Å². The van der Waals surface area contributed by atoms with Gasteiger partial charge in [0.1, 0.15) is 29.0 Å². The Morgan fingerprint density at radius 2 is 1.92 bits per heavy atom. The number of aliphatic imine (C=N–C) groups is 1. The second-order valence-corrected chi connectivity index (χ2v) is 10.5. The monoisotopic (exact) mass is 504 g/mol. The molecule has 0 bridgehead atoms. The summed E-state index contributed by atoms with van der Waals surface area (Å²) in [6.07, 6.45) is 8.93. The molecule has 6 nitrogen and oxygen atoms in total. The lowest BCUT2D eigenvalue weighted by Crippen LogP contribution is -2.57. The van der Waals surface area contributed by atoms with Crippen LogP contribution in [0.4, 0.5) is 14.9 Å². The average molecular weight is 505 g/mol. The highest BCUT2D eigenvalue weighted by Crippen LogP contribution is 2.39. The highest BCUT2D eigenvalue weighted by molar-refractivity contribution is 6.19. The van der Waals surface area contributed by atoms with Gasteiger partial charge in [0.2, 0.25) is 0 Å². The molecule has 1 unspecified atom stereocenters. The molecule has 1 spiro atoms. The van der Waals surface area contributed by atoms with Gasteiger partial charge in [-0.05, 0) is 68.5 Å². The van der Waals surface area contributed by atoms with Gasteiger partial charge in [-0.2, -0.15) is 0 Å². The molecule has 2 heterocycles. The standard InChI is InChI=1S/C30H37FN4O2/c1-3-22(2)37-27-14-7-9-23(19-27)21-34-17-15-30(16-18-34)28(32-25-11-5-4-6-12-25)33-29(36)35(30)26-13-8-10-24(31)20-26/h3,7-10,13-14,19-20,22,25H,1,4-6,11-12,15-18,21H2,2H3,(H,32,33,36). The van der Waals surface area contributed by atoms with Crippen molar-refractivity contribution in [3.63, 3.8) is 0 Å². The Hall–Kier alpha value is -3.19. The summed E-state index contributed by atoms with van der Waals surface area (Å²) in [6, 6.07) is 14.6. The van der Waals surface area contributed by atoms with Crippen LogP contribution in [0.2, 0.25) is 0 Å². The van der Waals surface area contributed by atoms with Gasteiger partial charge in [0.05, 0.1) is 6.04 Å². The number of rotatable bonds is 7. The maximum Gasteiger partial charge on any atom is 0.328 e. The van der Waals surface area contributed by atoms with Crippen molar-refractivity contribution in [2.75, 3.05) is 18.0 Å². The molecular weight excluding hydrogens is 467 g/mol. The summed E-state index contributed by atoms with van der Waals surface area (Å²) in [5.74, 6) is 1.26. The summed E-state index contributed by atoms with van der Waals surface area (Å²) >= 11 is 0. The smallest absolute Gasteiger partial charge is 0.328 e. The first-order valence-corrected chi connectivity index (χ1v) is 13.5. The van der Waals surface area contributed by atoms with E-state index in [1.54, 1.807) is 17.0 Å². The normalized spacial score (nSPS) is 22.3. The van der Waals surface area contributed by atoms with Gasteiger partial charge in [-0.15, -0.1) is 0 Å². The van der Waals surface area contributed by atoms with E-state index in [1.807, 2.05) is 25.1 Å². The summed E-state index contributed by atoms with van der Waals surface area (Å²) in [4.78, 5) is 22.6. The summed E-state index contributed by atoms with van der Waals surface area (Å²) in [7, 11) is 0. The lowest BCUT2D eigenvalue weighted by molar-refractivity contribution is 0.183. The third-order valence-electron chi connectivity index (χ3n) is 7.89. The van der Waals surface area contributed by atoms with Crippen molar-refractivity contribution in [3.8, 4) is 5.75 Å². The maximum absolute atomic E-state index is 14.2. The second-order valence-electron chi connectivity index (χ2n) is 10.5. The number of carbonyl (C=O) groups is 1. The molecule has 1 N–H and O–H groups in total. The zero-order chi connectivity index (χ0) is 25.8. The van der Waals surface area contributed by atoms with Crippen LogP contribution >= 0.6 is 0 Å². The summed E-state index contributed by atoms with van der Waals surface area (Å²) in [5.41, 5.74) is 1.19. The van der Waals surface area contributed by atoms with Crippen LogP contribution in [-0.4, -0.2) is 47.5 Å². The largest absolute Gasteiger partial charge is 0.487 e. The van der Waals surface area contributed by atoms with Gasteiger partial charge in [-0.3, -0.25) is 20.1 Å². The number of anilines is 1. The lowest BCUT2D eigenvalue weighted by Gasteiger charge is -2.44. The molecule has 7 heteroatoms. The molecule has 5 rings (SSSR count). The topological polar surface area (TPSA) is 57.2 Å². The molecule has 196 valence electrons. The Morgan fingerprint density at radius 1 is 1.16 bits per heavy atom. The van der Waals surface area contributed by atoms with Crippen LogP contribution < -0.4 is 15.0 Å². The van der Waals surface area contributed by atoms with Gasteiger partial charge >= 0.3 is 6.03 Å². The highest BCUT2D eigenvalue weighted by Gasteiger charge is 2.53. The van der Waals surface area contributed by atoms with Crippen molar-refractivity contribution in [2.24, 2.45) is 4.99 Å². The Kier molecular flexibility index (Phi) is 7.60. The number of amides is 2. The SMILES string of the molecule is C=CC(C)Oc1cccc(CN2CCC3(CC2)C(=NC2CCCCC2)NC(=O)N3c2cccc(F)c2)c1. The van der Waals surface area contributed by atoms with Gasteiger partial charge in [-0.1, -0.05) is 50.1 Å². The molecule has 2 aromatic rings. The predicted octanol–water partition coefficient (Wildman–Crippen LogP) is 6.07. The fraction of sp³-hybridized carbons (Fsp3) is 0.467. The molecule has 0 radical (unpaired) electrons. The average Bonchev–Trinajstić information content (AvgIpc) is 3.16. The van der Waals surface area contributed by atoms with Crippen LogP contribution in [0.3, 0.4) is 0 Å². The number of piperidine rings is 1. The number of nitrogens with zero attached hydrogens (tertiary/aromatic N) is 3. The maximum atomic E-state index is 14.2. The molecule has 1 atom stereocenters. The predicted molar refractivity (Wildman–Crippen MR) is 146 cm³/mol. The molecule has 2 aromatic carbocycles. The number of urea groups is 1. The number of halogens is 1. The lowest BCUT2D eigenvalue weighted by atomic mass is 9.84. The Bertz CT molecular complexity index is 1150. The molecule has 2 aliphatic heterocycles. The molecular formula is C30H37FN4O2. The van der Waals surface area contributed by atoms with Crippen LogP contribution in [0.25, 0.3) is 0 Å². The summed E-state index contributed by atoms with van der Waals surface area (Å²) < 4.78 is 20.1. The minimum Gasteiger partial charge on any atom is -0.487 e. The summed E-state index contributed by atoms with van der Waals surface area (Å²) in [5, 5.41) is 3.10. The van der Waals surface area contributed by atoms with E-state index in [9.17, 15) is 9.18 Å². The Balaban J connectivity index is 1.37. The van der Waals surface area contributed by atoms with Gasteiger partial charge < -0.3 is 4.74 Å². The molecule has 3 fully saturated rings. The Morgan fingerprint density at radius 3 is 2.65 bits per heavy atom. The number of hydrogen-bond donors (Lipinski definition) is 1. The fourth-order valence-electron chi connectivity index (χ4n) is 5.88. The van der Waals surface area contributed by atoms with E-state index >= 15 is 0 Å². The molecule has 3 aliphatic rings. The van der Waals surface area contributed by atoms with Crippen molar-refractivity contribution in [3.05, 3.63) is 72.6 Å². The molecule has 37 heavy (non-hydrogen) atoms. The van der Waals surface area contributed by atoms with Crippen molar-refractivity contribution in [1.82, 2.24) is 10.2 Å². The zero-order valence-electron chi connectivity index (χ0n) is 21.7. The van der Waals surface area contributed by atoms with E-state index in [4.69, 9.17) is 9.73 Å². The van der Waals surface area contributed by atoms with Crippen molar-refractivity contribution in [1.29, 1.82) is 0 Å². The first-order chi connectivity index (χ1) is 18.0. The van der Waals surface area contributed by atoms with E-state index in [0.29, 0.717) is 5.69 Å². The number of amidine groups is 1. The van der Waals surface area contributed by atoms with E-state index in [2.05, 4.69) is 28.9 Å². The minimum absolute atomic E-state index is 0.0480. The quantitative estimate of drug-likeness (QED) is 0.465. The van der Waals surface area contributed by atoms with Crippen molar-refractivity contribution >= 4 is 17.6 Å². The van der Waals surface area contributed by atoms with Gasteiger partial charge in [0.25, 0.3) is 0 Å². The van der Waals surface area contributed by atoms with Gasteiger partial charge in [-0.25, -0.2) is 9.18 Å². The molecule has 2 saturated heterocycles. The number of nitrogens with one attached hydrogen (secondary N) is 1. The Labute approximate surface area is 219 Å². The number of likely N-dealkylation sites (tertiary alicyclic amines) is 1.